The molecule has 0 radical (unpaired) electrons. The van der Waals surface area contributed by atoms with Crippen LogP contribution in [0.5, 0.6) is 0 Å². The molecule has 1 unspecified atom stereocenters. The highest BCUT2D eigenvalue weighted by Gasteiger charge is 2.21. The van der Waals surface area contributed by atoms with Crippen LogP contribution in [0, 0.1) is 6.92 Å². The van der Waals surface area contributed by atoms with Gasteiger partial charge < -0.3 is 14.8 Å². The van der Waals surface area contributed by atoms with Gasteiger partial charge in [0.2, 0.25) is 0 Å². The van der Waals surface area contributed by atoms with Crippen LogP contribution in [0.3, 0.4) is 0 Å². The number of aliphatic carboxylic acids is 1. The molecule has 0 aliphatic carbocycles. The molecule has 0 fully saturated rings. The molecule has 2 N–H and O–H groups in total. The van der Waals surface area contributed by atoms with Crippen LogP contribution in [0.2, 0.25) is 0 Å². The van der Waals surface area contributed by atoms with Crippen molar-refractivity contribution in [3.63, 3.8) is 0 Å². The van der Waals surface area contributed by atoms with Gasteiger partial charge in [-0.05, 0) is 37.0 Å². The number of carboxylic acid groups (broad SMARTS) is 1. The van der Waals surface area contributed by atoms with Gasteiger partial charge in [0.15, 0.2) is 5.76 Å². The van der Waals surface area contributed by atoms with E-state index in [0.29, 0.717) is 17.9 Å². The third-order valence-electron chi connectivity index (χ3n) is 2.32. The number of aryl methyl sites for hydroxylation is 1. The van der Waals surface area contributed by atoms with E-state index in [2.05, 4.69) is 5.32 Å². The standard InChI is InChI=1S/C12H17NO4S/c1-3-18-7-6-9(12(15)16)13-11(14)10-5-4-8(2)17-10/h4-5,9H,3,6-7H2,1-2H3,(H,13,14)(H,15,16). The topological polar surface area (TPSA) is 79.5 Å². The summed E-state index contributed by atoms with van der Waals surface area (Å²) in [7, 11) is 0. The first-order valence-corrected chi connectivity index (χ1v) is 6.88. The number of carbonyl (C=O) groups is 2. The molecule has 1 atom stereocenters. The van der Waals surface area contributed by atoms with Gasteiger partial charge in [-0.15, -0.1) is 0 Å². The Balaban J connectivity index is 2.55. The highest BCUT2D eigenvalue weighted by atomic mass is 32.2. The number of carboxylic acids is 1. The molecule has 5 nitrogen and oxygen atoms in total. The molecule has 18 heavy (non-hydrogen) atoms. The second-order valence-electron chi connectivity index (χ2n) is 3.76. The number of hydrogen-bond acceptors (Lipinski definition) is 4. The maximum absolute atomic E-state index is 11.7. The van der Waals surface area contributed by atoms with Crippen LogP contribution in [-0.4, -0.2) is 34.5 Å². The molecule has 0 aliphatic heterocycles. The Labute approximate surface area is 110 Å². The number of amides is 1. The van der Waals surface area contributed by atoms with Crippen LogP contribution in [0.4, 0.5) is 0 Å². The Morgan fingerprint density at radius 2 is 2.22 bits per heavy atom. The number of carbonyl (C=O) groups excluding carboxylic acids is 1. The highest BCUT2D eigenvalue weighted by Crippen LogP contribution is 2.08. The zero-order valence-electron chi connectivity index (χ0n) is 10.4. The fraction of sp³-hybridized carbons (Fsp3) is 0.500. The molecule has 0 spiro atoms. The monoisotopic (exact) mass is 271 g/mol. The van der Waals surface area contributed by atoms with Gasteiger partial charge in [-0.3, -0.25) is 4.79 Å². The lowest BCUT2D eigenvalue weighted by Gasteiger charge is -2.13. The first-order valence-electron chi connectivity index (χ1n) is 5.72. The maximum atomic E-state index is 11.7. The summed E-state index contributed by atoms with van der Waals surface area (Å²) in [5.41, 5.74) is 0. The Morgan fingerprint density at radius 1 is 1.50 bits per heavy atom. The summed E-state index contributed by atoms with van der Waals surface area (Å²) in [5, 5.41) is 11.5. The summed E-state index contributed by atoms with van der Waals surface area (Å²) in [6, 6.07) is 2.32. The van der Waals surface area contributed by atoms with E-state index in [1.807, 2.05) is 6.92 Å². The van der Waals surface area contributed by atoms with E-state index < -0.39 is 17.9 Å². The number of thioether (sulfide) groups is 1. The summed E-state index contributed by atoms with van der Waals surface area (Å²) in [5.74, 6) is 0.874. The van der Waals surface area contributed by atoms with Crippen molar-refractivity contribution < 1.29 is 19.1 Å². The first-order chi connectivity index (χ1) is 8.54. The van der Waals surface area contributed by atoms with E-state index in [0.717, 1.165) is 5.75 Å². The van der Waals surface area contributed by atoms with Gasteiger partial charge in [0.1, 0.15) is 11.8 Å². The maximum Gasteiger partial charge on any atom is 0.326 e. The van der Waals surface area contributed by atoms with Crippen LogP contribution >= 0.6 is 11.8 Å². The van der Waals surface area contributed by atoms with E-state index in [1.165, 1.54) is 6.07 Å². The van der Waals surface area contributed by atoms with Gasteiger partial charge in [0.05, 0.1) is 0 Å². The minimum Gasteiger partial charge on any atom is -0.480 e. The van der Waals surface area contributed by atoms with E-state index in [4.69, 9.17) is 9.52 Å². The van der Waals surface area contributed by atoms with Crippen molar-refractivity contribution in [2.24, 2.45) is 0 Å². The molecule has 0 aromatic carbocycles. The molecule has 1 amide bonds. The van der Waals surface area contributed by atoms with Gasteiger partial charge in [-0.1, -0.05) is 6.92 Å². The molecule has 1 heterocycles. The lowest BCUT2D eigenvalue weighted by molar-refractivity contribution is -0.139. The minimum atomic E-state index is -1.02. The van der Waals surface area contributed by atoms with Crippen LogP contribution in [0.25, 0.3) is 0 Å². The van der Waals surface area contributed by atoms with Crippen molar-refractivity contribution >= 4 is 23.6 Å². The van der Waals surface area contributed by atoms with Crippen LogP contribution < -0.4 is 5.32 Å². The fourth-order valence-corrected chi connectivity index (χ4v) is 2.08. The predicted octanol–water partition coefficient (Wildman–Crippen LogP) is 1.91. The largest absolute Gasteiger partial charge is 0.480 e. The van der Waals surface area contributed by atoms with Gasteiger partial charge in [0, 0.05) is 0 Å². The predicted molar refractivity (Wildman–Crippen MR) is 70.0 cm³/mol. The second-order valence-corrected chi connectivity index (χ2v) is 5.15. The molecule has 0 bridgehead atoms. The van der Waals surface area contributed by atoms with Crippen molar-refractivity contribution in [3.05, 3.63) is 23.7 Å². The molecule has 0 saturated heterocycles. The Morgan fingerprint density at radius 3 is 2.72 bits per heavy atom. The summed E-state index contributed by atoms with van der Waals surface area (Å²) in [6.45, 7) is 3.73. The van der Waals surface area contributed by atoms with Gasteiger partial charge in [-0.25, -0.2) is 4.79 Å². The molecule has 1 aromatic rings. The normalized spacial score (nSPS) is 12.1. The molecule has 0 aliphatic rings. The van der Waals surface area contributed by atoms with Crippen molar-refractivity contribution in [1.29, 1.82) is 0 Å². The summed E-state index contributed by atoms with van der Waals surface area (Å²) in [4.78, 5) is 22.7. The number of nitrogens with one attached hydrogen (secondary N) is 1. The zero-order chi connectivity index (χ0) is 13.5. The lowest BCUT2D eigenvalue weighted by atomic mass is 10.2. The Bertz CT molecular complexity index is 416. The summed E-state index contributed by atoms with van der Waals surface area (Å²) in [6.07, 6.45) is 0.402. The highest BCUT2D eigenvalue weighted by molar-refractivity contribution is 7.99. The Hall–Kier alpha value is -1.43. The molecule has 1 aromatic heterocycles. The molecule has 6 heteroatoms. The Kier molecular flexibility index (Phi) is 5.77. The van der Waals surface area contributed by atoms with Gasteiger partial charge in [-0.2, -0.15) is 11.8 Å². The third kappa shape index (κ3) is 4.44. The third-order valence-corrected chi connectivity index (χ3v) is 3.26. The van der Waals surface area contributed by atoms with E-state index in [1.54, 1.807) is 24.8 Å². The van der Waals surface area contributed by atoms with Crippen molar-refractivity contribution in [2.75, 3.05) is 11.5 Å². The first kappa shape index (κ1) is 14.6. The van der Waals surface area contributed by atoms with Crippen LogP contribution in [-0.2, 0) is 4.79 Å². The van der Waals surface area contributed by atoms with Crippen molar-refractivity contribution in [2.45, 2.75) is 26.3 Å². The molecular formula is C12H17NO4S. The summed E-state index contributed by atoms with van der Waals surface area (Å²) < 4.78 is 5.14. The summed E-state index contributed by atoms with van der Waals surface area (Å²) >= 11 is 1.64. The van der Waals surface area contributed by atoms with E-state index in [9.17, 15) is 9.59 Å². The lowest BCUT2D eigenvalue weighted by Crippen LogP contribution is -2.41. The van der Waals surface area contributed by atoms with Gasteiger partial charge >= 0.3 is 5.97 Å². The average molecular weight is 271 g/mol. The quantitative estimate of drug-likeness (QED) is 0.741. The molecule has 1 rings (SSSR count). The average Bonchev–Trinajstić information content (AvgIpc) is 2.74. The molecule has 0 saturated carbocycles. The van der Waals surface area contributed by atoms with Crippen LogP contribution in [0.15, 0.2) is 16.5 Å². The minimum absolute atomic E-state index is 0.141. The fourth-order valence-electron chi connectivity index (χ4n) is 1.39. The SMILES string of the molecule is CCSCCC(NC(=O)c1ccc(C)o1)C(=O)O. The van der Waals surface area contributed by atoms with Gasteiger partial charge in [0.25, 0.3) is 5.91 Å². The van der Waals surface area contributed by atoms with Crippen LogP contribution in [0.1, 0.15) is 29.7 Å². The van der Waals surface area contributed by atoms with E-state index >= 15 is 0 Å². The number of furan rings is 1. The van der Waals surface area contributed by atoms with Crippen molar-refractivity contribution in [3.8, 4) is 0 Å². The van der Waals surface area contributed by atoms with Crippen molar-refractivity contribution in [1.82, 2.24) is 5.32 Å². The molecule has 100 valence electrons. The zero-order valence-corrected chi connectivity index (χ0v) is 11.3. The number of hydrogen-bond donors (Lipinski definition) is 2. The molecular weight excluding hydrogens is 254 g/mol. The number of rotatable bonds is 7. The second kappa shape index (κ2) is 7.10. The smallest absolute Gasteiger partial charge is 0.326 e. The van der Waals surface area contributed by atoms with E-state index in [-0.39, 0.29) is 5.76 Å².